The fourth-order valence-corrected chi connectivity index (χ4v) is 9.57. The molecule has 8 rings (SSSR count). The number of alkyl carbamates (subject to hydrolysis) is 2. The molecule has 61 heavy (non-hydrogen) atoms. The van der Waals surface area contributed by atoms with Crippen molar-refractivity contribution in [2.75, 3.05) is 21.3 Å². The number of hydrogen-bond donors (Lipinski definition) is 3. The molecule has 5 heterocycles. The number of carbonyl (C=O) groups is 4. The number of aromatic amines is 1. The van der Waals surface area contributed by atoms with E-state index in [-0.39, 0.29) is 41.9 Å². The van der Waals surface area contributed by atoms with E-state index < -0.39 is 30.4 Å². The van der Waals surface area contributed by atoms with E-state index in [1.165, 1.54) is 21.3 Å². The van der Waals surface area contributed by atoms with Crippen LogP contribution in [-0.4, -0.2) is 107 Å². The summed E-state index contributed by atoms with van der Waals surface area (Å²) < 4.78 is 21.6. The average molecular weight is 834 g/mol. The van der Waals surface area contributed by atoms with Gasteiger partial charge in [0.15, 0.2) is 0 Å². The number of amides is 4. The molecule has 0 radical (unpaired) electrons. The van der Waals surface area contributed by atoms with Gasteiger partial charge in [0, 0.05) is 36.9 Å². The largest absolute Gasteiger partial charge is 0.488 e. The molecule has 4 aliphatic rings. The van der Waals surface area contributed by atoms with E-state index in [9.17, 15) is 19.2 Å². The molecule has 2 saturated heterocycles. The van der Waals surface area contributed by atoms with Gasteiger partial charge in [0.2, 0.25) is 11.8 Å². The van der Waals surface area contributed by atoms with E-state index in [1.54, 1.807) is 6.92 Å². The molecule has 7 atom stereocenters. The van der Waals surface area contributed by atoms with E-state index in [0.717, 1.165) is 87.1 Å². The highest BCUT2D eigenvalue weighted by atomic mass is 16.5. The summed E-state index contributed by atoms with van der Waals surface area (Å²) in [5.41, 5.74) is 7.88. The maximum atomic E-state index is 14.1. The molecule has 3 aromatic carbocycles. The number of methoxy groups -OCH3 is 3. The minimum Gasteiger partial charge on any atom is -0.488 e. The number of H-pyrrole nitrogens is 1. The van der Waals surface area contributed by atoms with Crippen LogP contribution in [0.2, 0.25) is 0 Å². The van der Waals surface area contributed by atoms with Crippen molar-refractivity contribution >= 4 is 46.2 Å². The van der Waals surface area contributed by atoms with Crippen LogP contribution in [0, 0.1) is 5.92 Å². The SMILES string of the molecule is COC(=O)N[C@H](C(=O)N1[C@@H](C)CC[C@H]1c1ncc(-c2ccc3c(c2)COc2cc4c5c(ccc4cc2-3)N=C([C@@H]2CC[C@H](C)N2C(=O)[C@@H](NC(=O)OC)[C@H](C)OC)C5)[nH]1)C(C)C. The topological polar surface area (TPSA) is 177 Å². The van der Waals surface area contributed by atoms with Crippen molar-refractivity contribution in [2.45, 2.75) is 116 Å². The highest BCUT2D eigenvalue weighted by molar-refractivity contribution is 6.06. The Bertz CT molecular complexity index is 2410. The Kier molecular flexibility index (Phi) is 11.5. The van der Waals surface area contributed by atoms with Crippen LogP contribution in [0.1, 0.15) is 83.3 Å². The number of carbonyl (C=O) groups excluding carboxylic acids is 4. The molecule has 2 fully saturated rings. The molecule has 3 N–H and O–H groups in total. The summed E-state index contributed by atoms with van der Waals surface area (Å²) in [6.45, 7) is 10.0. The first kappa shape index (κ1) is 41.8. The summed E-state index contributed by atoms with van der Waals surface area (Å²) >= 11 is 0. The Hall–Kier alpha value is -5.96. The Labute approximate surface area is 355 Å². The lowest BCUT2D eigenvalue weighted by Crippen LogP contribution is -2.57. The van der Waals surface area contributed by atoms with Crippen molar-refractivity contribution in [3.8, 4) is 28.1 Å². The number of hydrogen-bond acceptors (Lipinski definition) is 10. The van der Waals surface area contributed by atoms with Gasteiger partial charge in [0.05, 0.1) is 50.0 Å². The number of nitrogens with zero attached hydrogens (tertiary/aromatic N) is 4. The second kappa shape index (κ2) is 16.8. The maximum Gasteiger partial charge on any atom is 0.407 e. The summed E-state index contributed by atoms with van der Waals surface area (Å²) in [6.07, 6.45) is 3.70. The van der Waals surface area contributed by atoms with Crippen molar-refractivity contribution in [2.24, 2.45) is 10.9 Å². The molecule has 0 bridgehead atoms. The maximum absolute atomic E-state index is 14.1. The predicted octanol–water partition coefficient (Wildman–Crippen LogP) is 6.99. The highest BCUT2D eigenvalue weighted by Gasteiger charge is 2.44. The van der Waals surface area contributed by atoms with Crippen LogP contribution in [0.3, 0.4) is 0 Å². The third kappa shape index (κ3) is 7.68. The summed E-state index contributed by atoms with van der Waals surface area (Å²) in [5.74, 6) is 1.01. The lowest BCUT2D eigenvalue weighted by molar-refractivity contribution is -0.138. The summed E-state index contributed by atoms with van der Waals surface area (Å²) in [4.78, 5) is 69.3. The zero-order chi connectivity index (χ0) is 43.3. The van der Waals surface area contributed by atoms with E-state index in [4.69, 9.17) is 28.9 Å². The fraction of sp³-hybridized carbons (Fsp3) is 0.478. The Morgan fingerprint density at radius 3 is 2.18 bits per heavy atom. The van der Waals surface area contributed by atoms with Gasteiger partial charge in [0.1, 0.15) is 30.3 Å². The zero-order valence-corrected chi connectivity index (χ0v) is 36.0. The third-order valence-electron chi connectivity index (χ3n) is 13.0. The molecular formula is C46H55N7O8. The number of ether oxygens (including phenoxy) is 4. The van der Waals surface area contributed by atoms with Crippen LogP contribution in [-0.2, 0) is 36.8 Å². The van der Waals surface area contributed by atoms with Gasteiger partial charge < -0.3 is 44.4 Å². The van der Waals surface area contributed by atoms with Crippen molar-refractivity contribution < 1.29 is 38.1 Å². The number of aromatic nitrogens is 2. The van der Waals surface area contributed by atoms with Crippen LogP contribution in [0.4, 0.5) is 15.3 Å². The van der Waals surface area contributed by atoms with Crippen molar-refractivity contribution in [1.29, 1.82) is 0 Å². The second-order valence-corrected chi connectivity index (χ2v) is 17.0. The van der Waals surface area contributed by atoms with Gasteiger partial charge in [-0.1, -0.05) is 32.0 Å². The molecule has 4 aromatic rings. The van der Waals surface area contributed by atoms with Gasteiger partial charge in [-0.15, -0.1) is 0 Å². The first-order chi connectivity index (χ1) is 29.3. The molecular weight excluding hydrogens is 779 g/mol. The number of imidazole rings is 1. The first-order valence-corrected chi connectivity index (χ1v) is 21.2. The number of nitrogens with one attached hydrogen (secondary N) is 3. The normalized spacial score (nSPS) is 21.8. The number of aliphatic imine (C=N–C) groups is 1. The lowest BCUT2D eigenvalue weighted by atomic mass is 9.91. The quantitative estimate of drug-likeness (QED) is 0.152. The average Bonchev–Trinajstić information content (AvgIpc) is 4.08. The number of likely N-dealkylation sites (tertiary alicyclic amines) is 2. The third-order valence-corrected chi connectivity index (χ3v) is 13.0. The van der Waals surface area contributed by atoms with Gasteiger partial charge in [-0.05, 0) is 110 Å². The van der Waals surface area contributed by atoms with Crippen LogP contribution in [0.25, 0.3) is 33.2 Å². The van der Waals surface area contributed by atoms with Crippen LogP contribution >= 0.6 is 0 Å². The Morgan fingerprint density at radius 1 is 0.820 bits per heavy atom. The summed E-state index contributed by atoms with van der Waals surface area (Å²) in [6, 6.07) is 12.7. The van der Waals surface area contributed by atoms with Crippen LogP contribution in [0.5, 0.6) is 5.75 Å². The minimum atomic E-state index is -0.906. The van der Waals surface area contributed by atoms with Gasteiger partial charge in [-0.25, -0.2) is 14.6 Å². The second-order valence-electron chi connectivity index (χ2n) is 17.0. The predicted molar refractivity (Wildman–Crippen MR) is 230 cm³/mol. The first-order valence-electron chi connectivity index (χ1n) is 21.2. The smallest absolute Gasteiger partial charge is 0.407 e. The summed E-state index contributed by atoms with van der Waals surface area (Å²) in [5, 5.41) is 7.55. The number of benzene rings is 3. The Balaban J connectivity index is 1.01. The molecule has 15 nitrogen and oxygen atoms in total. The Morgan fingerprint density at radius 2 is 1.49 bits per heavy atom. The monoisotopic (exact) mass is 833 g/mol. The molecule has 4 amide bonds. The van der Waals surface area contributed by atoms with E-state index in [0.29, 0.717) is 18.9 Å². The molecule has 322 valence electrons. The van der Waals surface area contributed by atoms with Crippen LogP contribution in [0.15, 0.2) is 53.7 Å². The summed E-state index contributed by atoms with van der Waals surface area (Å²) in [7, 11) is 4.08. The lowest BCUT2D eigenvalue weighted by Gasteiger charge is -2.34. The fourth-order valence-electron chi connectivity index (χ4n) is 9.57. The number of rotatable bonds is 10. The molecule has 0 spiro atoms. The van der Waals surface area contributed by atoms with Crippen LogP contribution < -0.4 is 15.4 Å². The van der Waals surface area contributed by atoms with E-state index >= 15 is 0 Å². The molecule has 0 saturated carbocycles. The van der Waals surface area contributed by atoms with Gasteiger partial charge in [-0.3, -0.25) is 14.6 Å². The van der Waals surface area contributed by atoms with E-state index in [1.807, 2.05) is 43.7 Å². The van der Waals surface area contributed by atoms with Gasteiger partial charge >= 0.3 is 12.2 Å². The van der Waals surface area contributed by atoms with Gasteiger partial charge in [0.25, 0.3) is 0 Å². The van der Waals surface area contributed by atoms with Gasteiger partial charge in [-0.2, -0.15) is 0 Å². The van der Waals surface area contributed by atoms with E-state index in [2.05, 4.69) is 58.1 Å². The molecule has 0 aliphatic carbocycles. The molecule has 4 aliphatic heterocycles. The number of fused-ring (bicyclic) bond motifs is 6. The minimum absolute atomic E-state index is 0.0156. The van der Waals surface area contributed by atoms with Crippen molar-refractivity contribution in [3.63, 3.8) is 0 Å². The zero-order valence-electron chi connectivity index (χ0n) is 36.0. The molecule has 0 unspecified atom stereocenters. The van der Waals surface area contributed by atoms with Crippen molar-refractivity contribution in [1.82, 2.24) is 30.4 Å². The van der Waals surface area contributed by atoms with Crippen molar-refractivity contribution in [3.05, 3.63) is 65.6 Å². The molecule has 1 aromatic heterocycles. The standard InChI is InChI=1S/C46H55N7O8/c1-23(2)40(50-45(56)59-7)43(54)53-25(4)10-16-38(53)42-47-21-36(49-42)28-11-13-30-29(17-28)22-61-39-20-31-27(18-33(30)39)12-14-34-32(31)19-35(48-34)37-15-9-24(3)52(37)44(55)41(26(5)58-6)51-46(57)60-8/h11-14,17-18,20-21,23-26,37-38,40-41H,9-10,15-16,19,22H2,1-8H3,(H,47,49)(H,50,56)(H,51,57)/t24-,25-,26-,37-,38-,40-,41-/m0/s1. The molecule has 15 heteroatoms. The highest BCUT2D eigenvalue weighted by Crippen LogP contribution is 2.45.